The molecule has 1 unspecified atom stereocenters. The van der Waals surface area contributed by atoms with E-state index in [1.54, 1.807) is 4.68 Å². The van der Waals surface area contributed by atoms with Gasteiger partial charge in [-0.2, -0.15) is 0 Å². The Hall–Kier alpha value is -2.93. The molecule has 3 heterocycles. The van der Waals surface area contributed by atoms with Crippen LogP contribution in [0.4, 0.5) is 0 Å². The molecule has 25 heavy (non-hydrogen) atoms. The first-order chi connectivity index (χ1) is 12.2. The van der Waals surface area contributed by atoms with E-state index in [0.29, 0.717) is 12.2 Å². The van der Waals surface area contributed by atoms with E-state index in [-0.39, 0.29) is 11.9 Å². The molecule has 0 saturated carbocycles. The van der Waals surface area contributed by atoms with E-state index in [9.17, 15) is 4.79 Å². The summed E-state index contributed by atoms with van der Waals surface area (Å²) < 4.78 is 3.78. The molecule has 1 amide bonds. The minimum Gasteiger partial charge on any atom is -0.345 e. The van der Waals surface area contributed by atoms with Gasteiger partial charge in [0.05, 0.1) is 18.4 Å². The van der Waals surface area contributed by atoms with Crippen LogP contribution in [-0.4, -0.2) is 32.0 Å². The van der Waals surface area contributed by atoms with Crippen molar-refractivity contribution >= 4 is 5.91 Å². The van der Waals surface area contributed by atoms with Crippen LogP contribution in [0.15, 0.2) is 48.7 Å². The van der Waals surface area contributed by atoms with Crippen LogP contribution in [0, 0.1) is 0 Å². The highest BCUT2D eigenvalue weighted by Gasteiger charge is 2.21. The number of hydrogen-bond acceptors (Lipinski definition) is 4. The second kappa shape index (κ2) is 6.52. The molecule has 0 saturated heterocycles. The largest absolute Gasteiger partial charge is 0.345 e. The SMILES string of the molecule is CC1NCCn2c(C(=O)NCc3cn(-c4ccccc4)nn3)ccc21. The Labute approximate surface area is 145 Å². The topological polar surface area (TPSA) is 76.8 Å². The Morgan fingerprint density at radius 3 is 2.96 bits per heavy atom. The fourth-order valence-corrected chi connectivity index (χ4v) is 3.15. The Kier molecular flexibility index (Phi) is 4.07. The minimum absolute atomic E-state index is 0.0883. The monoisotopic (exact) mass is 336 g/mol. The minimum atomic E-state index is -0.0883. The summed E-state index contributed by atoms with van der Waals surface area (Å²) >= 11 is 0. The van der Waals surface area contributed by atoms with Crippen LogP contribution in [0.5, 0.6) is 0 Å². The third-order valence-electron chi connectivity index (χ3n) is 4.47. The lowest BCUT2D eigenvalue weighted by Crippen LogP contribution is -2.34. The summed E-state index contributed by atoms with van der Waals surface area (Å²) in [4.78, 5) is 12.5. The number of hydrogen-bond donors (Lipinski definition) is 2. The van der Waals surface area contributed by atoms with Crippen molar-refractivity contribution in [2.24, 2.45) is 0 Å². The number of carbonyl (C=O) groups is 1. The van der Waals surface area contributed by atoms with Crippen molar-refractivity contribution in [2.75, 3.05) is 6.54 Å². The predicted octanol–water partition coefficient (Wildman–Crippen LogP) is 1.66. The molecular formula is C18H20N6O. The van der Waals surface area contributed by atoms with E-state index >= 15 is 0 Å². The molecule has 0 bridgehead atoms. The Morgan fingerprint density at radius 2 is 2.12 bits per heavy atom. The summed E-state index contributed by atoms with van der Waals surface area (Å²) in [5.74, 6) is -0.0883. The zero-order chi connectivity index (χ0) is 17.2. The van der Waals surface area contributed by atoms with Gasteiger partial charge in [-0.3, -0.25) is 4.79 Å². The lowest BCUT2D eigenvalue weighted by atomic mass is 10.2. The fourth-order valence-electron chi connectivity index (χ4n) is 3.15. The molecule has 7 heteroatoms. The summed E-state index contributed by atoms with van der Waals surface area (Å²) in [6.07, 6.45) is 1.83. The van der Waals surface area contributed by atoms with Crippen molar-refractivity contribution < 1.29 is 4.79 Å². The van der Waals surface area contributed by atoms with Gasteiger partial charge in [0.2, 0.25) is 0 Å². The first-order valence-corrected chi connectivity index (χ1v) is 8.40. The van der Waals surface area contributed by atoms with Gasteiger partial charge in [0, 0.05) is 24.8 Å². The molecule has 0 fully saturated rings. The molecule has 1 aromatic carbocycles. The number of carbonyl (C=O) groups excluding carboxylic acids is 1. The van der Waals surface area contributed by atoms with Gasteiger partial charge >= 0.3 is 0 Å². The van der Waals surface area contributed by atoms with Crippen LogP contribution < -0.4 is 10.6 Å². The van der Waals surface area contributed by atoms with Gasteiger partial charge < -0.3 is 15.2 Å². The number of nitrogens with zero attached hydrogens (tertiary/aromatic N) is 4. The molecule has 0 radical (unpaired) electrons. The molecule has 0 aliphatic carbocycles. The van der Waals surface area contributed by atoms with E-state index in [0.717, 1.165) is 30.2 Å². The summed E-state index contributed by atoms with van der Waals surface area (Å²) in [7, 11) is 0. The highest BCUT2D eigenvalue weighted by Crippen LogP contribution is 2.20. The van der Waals surface area contributed by atoms with E-state index < -0.39 is 0 Å². The molecule has 3 aromatic rings. The van der Waals surface area contributed by atoms with Crippen LogP contribution >= 0.6 is 0 Å². The molecule has 7 nitrogen and oxygen atoms in total. The van der Waals surface area contributed by atoms with Crippen LogP contribution in [0.3, 0.4) is 0 Å². The molecule has 0 spiro atoms. The Balaban J connectivity index is 1.44. The average Bonchev–Trinajstić information content (AvgIpc) is 3.28. The van der Waals surface area contributed by atoms with Gasteiger partial charge in [0.15, 0.2) is 0 Å². The molecule has 2 aromatic heterocycles. The van der Waals surface area contributed by atoms with Crippen molar-refractivity contribution in [3.63, 3.8) is 0 Å². The van der Waals surface area contributed by atoms with Crippen molar-refractivity contribution in [2.45, 2.75) is 26.1 Å². The Bertz CT molecular complexity index is 882. The molecular weight excluding hydrogens is 316 g/mol. The first-order valence-electron chi connectivity index (χ1n) is 8.40. The molecule has 1 aliphatic rings. The lowest BCUT2D eigenvalue weighted by molar-refractivity contribution is 0.0939. The third kappa shape index (κ3) is 3.06. The molecule has 2 N–H and O–H groups in total. The van der Waals surface area contributed by atoms with Crippen LogP contribution in [0.1, 0.15) is 34.8 Å². The fraction of sp³-hybridized carbons (Fsp3) is 0.278. The van der Waals surface area contributed by atoms with E-state index in [1.807, 2.05) is 48.7 Å². The van der Waals surface area contributed by atoms with E-state index in [1.165, 1.54) is 0 Å². The quantitative estimate of drug-likeness (QED) is 0.760. The van der Waals surface area contributed by atoms with Crippen molar-refractivity contribution in [1.29, 1.82) is 0 Å². The van der Waals surface area contributed by atoms with Crippen molar-refractivity contribution in [3.05, 3.63) is 65.7 Å². The van der Waals surface area contributed by atoms with Gasteiger partial charge in [-0.15, -0.1) is 5.10 Å². The van der Waals surface area contributed by atoms with Crippen LogP contribution in [0.25, 0.3) is 5.69 Å². The van der Waals surface area contributed by atoms with Gasteiger partial charge in [0.1, 0.15) is 11.4 Å². The second-order valence-corrected chi connectivity index (χ2v) is 6.14. The van der Waals surface area contributed by atoms with Crippen LogP contribution in [0.2, 0.25) is 0 Å². The molecule has 1 atom stereocenters. The average molecular weight is 336 g/mol. The summed E-state index contributed by atoms with van der Waals surface area (Å²) in [6.45, 7) is 4.13. The normalized spacial score (nSPS) is 16.4. The number of nitrogens with one attached hydrogen (secondary N) is 2. The smallest absolute Gasteiger partial charge is 0.268 e. The maximum Gasteiger partial charge on any atom is 0.268 e. The number of aromatic nitrogens is 4. The van der Waals surface area contributed by atoms with Gasteiger partial charge in [0.25, 0.3) is 5.91 Å². The van der Waals surface area contributed by atoms with Crippen LogP contribution in [-0.2, 0) is 13.1 Å². The molecule has 4 rings (SSSR count). The zero-order valence-electron chi connectivity index (χ0n) is 14.0. The summed E-state index contributed by atoms with van der Waals surface area (Å²) in [6, 6.07) is 13.9. The van der Waals surface area contributed by atoms with Crippen molar-refractivity contribution in [1.82, 2.24) is 30.2 Å². The highest BCUT2D eigenvalue weighted by atomic mass is 16.1. The lowest BCUT2D eigenvalue weighted by Gasteiger charge is -2.24. The highest BCUT2D eigenvalue weighted by molar-refractivity contribution is 5.92. The maximum atomic E-state index is 12.5. The predicted molar refractivity (Wildman–Crippen MR) is 93.4 cm³/mol. The van der Waals surface area contributed by atoms with Crippen molar-refractivity contribution in [3.8, 4) is 5.69 Å². The van der Waals surface area contributed by atoms with Gasteiger partial charge in [-0.25, -0.2) is 4.68 Å². The molecule has 1 aliphatic heterocycles. The number of para-hydroxylation sites is 1. The Morgan fingerprint density at radius 1 is 1.28 bits per heavy atom. The maximum absolute atomic E-state index is 12.5. The summed E-state index contributed by atoms with van der Waals surface area (Å²) in [5, 5.41) is 14.6. The number of fused-ring (bicyclic) bond motifs is 1. The standard InChI is InChI=1S/C18H20N6O/c1-13-16-7-8-17(23(16)10-9-19-13)18(25)20-11-14-12-24(22-21-14)15-5-3-2-4-6-15/h2-8,12-13,19H,9-11H2,1H3,(H,20,25). The number of benzene rings is 1. The number of rotatable bonds is 4. The van der Waals surface area contributed by atoms with E-state index in [4.69, 9.17) is 0 Å². The molecule has 128 valence electrons. The zero-order valence-corrected chi connectivity index (χ0v) is 14.0. The van der Waals surface area contributed by atoms with Gasteiger partial charge in [-0.05, 0) is 31.2 Å². The first kappa shape index (κ1) is 15.6. The number of amides is 1. The third-order valence-corrected chi connectivity index (χ3v) is 4.47. The second-order valence-electron chi connectivity index (χ2n) is 6.14. The van der Waals surface area contributed by atoms with Gasteiger partial charge in [-0.1, -0.05) is 23.4 Å². The van der Waals surface area contributed by atoms with E-state index in [2.05, 4.69) is 32.4 Å². The summed E-state index contributed by atoms with van der Waals surface area (Å²) in [5.41, 5.74) is 3.50.